The number of quaternary nitrogens is 1. The highest BCUT2D eigenvalue weighted by atomic mass is 32.1. The number of aliphatic hydroxyl groups is 1. The Kier molecular flexibility index (Phi) is 8.08. The van der Waals surface area contributed by atoms with Gasteiger partial charge in [0, 0.05) is 29.1 Å². The molecule has 1 aliphatic heterocycles. The number of nitrogens with one attached hydrogen (secondary N) is 3. The number of carbonyl (C=O) groups is 2. The lowest BCUT2D eigenvalue weighted by molar-refractivity contribution is -0.906. The third kappa shape index (κ3) is 5.47. The van der Waals surface area contributed by atoms with E-state index in [1.165, 1.54) is 34.8 Å². The number of rotatable bonds is 7. The lowest BCUT2D eigenvalue weighted by Gasteiger charge is -2.53. The van der Waals surface area contributed by atoms with Crippen molar-refractivity contribution in [3.63, 3.8) is 0 Å². The topological polar surface area (TPSA) is 131 Å². The van der Waals surface area contributed by atoms with Gasteiger partial charge in [-0.15, -0.1) is 11.3 Å². The molecule has 10 nitrogen and oxygen atoms in total. The van der Waals surface area contributed by atoms with E-state index in [1.54, 1.807) is 0 Å². The van der Waals surface area contributed by atoms with E-state index >= 15 is 0 Å². The molecule has 5 rings (SSSR count). The van der Waals surface area contributed by atoms with E-state index in [2.05, 4.69) is 34.4 Å². The molecule has 0 aromatic carbocycles. The molecule has 1 saturated carbocycles. The summed E-state index contributed by atoms with van der Waals surface area (Å²) < 4.78 is 5.41. The molecule has 6 atom stereocenters. The van der Waals surface area contributed by atoms with Crippen molar-refractivity contribution in [2.24, 2.45) is 23.2 Å². The maximum Gasteiger partial charge on any atom is 0.277 e. The van der Waals surface area contributed by atoms with Crippen LogP contribution in [0, 0.1) is 23.2 Å². The molecule has 2 amide bonds. The van der Waals surface area contributed by atoms with Crippen LogP contribution in [-0.2, 0) is 16.0 Å². The molecule has 2 aliphatic carbocycles. The first-order chi connectivity index (χ1) is 18.3. The van der Waals surface area contributed by atoms with Crippen LogP contribution in [0.3, 0.4) is 0 Å². The van der Waals surface area contributed by atoms with Gasteiger partial charge in [0.15, 0.2) is 5.13 Å². The van der Waals surface area contributed by atoms with Crippen molar-refractivity contribution in [2.45, 2.75) is 52.1 Å². The summed E-state index contributed by atoms with van der Waals surface area (Å²) in [5.41, 5.74) is 1.10. The Bertz CT molecular complexity index is 1140. The number of fused-ring (bicyclic) bond motifs is 2. The predicted octanol–water partition coefficient (Wildman–Crippen LogP) is 0.906. The van der Waals surface area contributed by atoms with Crippen molar-refractivity contribution in [1.82, 2.24) is 20.3 Å². The number of nitrogens with zero attached hydrogens (tertiary/aromatic N) is 3. The highest BCUT2D eigenvalue weighted by molar-refractivity contribution is 7.15. The number of morpholine rings is 1. The number of aromatic nitrogens is 3. The number of carbonyl (C=O) groups excluding carboxylic acids is 2. The van der Waals surface area contributed by atoms with Crippen molar-refractivity contribution in [3.8, 4) is 0 Å². The summed E-state index contributed by atoms with van der Waals surface area (Å²) >= 11 is 1.50. The van der Waals surface area contributed by atoms with Crippen LogP contribution in [0.15, 0.2) is 18.6 Å². The monoisotopic (exact) mass is 543 g/mol. The summed E-state index contributed by atoms with van der Waals surface area (Å²) in [5, 5.41) is 18.2. The average Bonchev–Trinajstić information content (AvgIpc) is 3.31. The molecule has 0 radical (unpaired) electrons. The van der Waals surface area contributed by atoms with Crippen molar-refractivity contribution in [2.75, 3.05) is 44.7 Å². The number of hydrogen-bond donors (Lipinski definition) is 4. The van der Waals surface area contributed by atoms with Gasteiger partial charge in [-0.1, -0.05) is 20.8 Å². The minimum Gasteiger partial charge on any atom is -0.392 e. The van der Waals surface area contributed by atoms with Crippen LogP contribution in [0.2, 0.25) is 0 Å². The van der Waals surface area contributed by atoms with E-state index in [0.717, 1.165) is 62.7 Å². The number of ether oxygens (including phenoxy) is 1. The summed E-state index contributed by atoms with van der Waals surface area (Å²) in [6, 6.07) is 0. The normalized spacial score (nSPS) is 30.1. The van der Waals surface area contributed by atoms with Gasteiger partial charge in [-0.3, -0.25) is 19.9 Å². The molecule has 3 heterocycles. The van der Waals surface area contributed by atoms with E-state index < -0.39 is 6.10 Å². The first-order valence-electron chi connectivity index (χ1n) is 13.7. The van der Waals surface area contributed by atoms with Crippen molar-refractivity contribution >= 4 is 28.3 Å². The molecule has 38 heavy (non-hydrogen) atoms. The third-order valence-corrected chi connectivity index (χ3v) is 9.96. The number of hydrogen-bond acceptors (Lipinski definition) is 8. The lowest BCUT2D eigenvalue weighted by atomic mass is 9.53. The maximum absolute atomic E-state index is 13.1. The molecule has 0 unspecified atom stereocenters. The Morgan fingerprint density at radius 1 is 1.32 bits per heavy atom. The lowest BCUT2D eigenvalue weighted by Crippen LogP contribution is -3.14. The Balaban J connectivity index is 1.24. The second-order valence-corrected chi connectivity index (χ2v) is 12.5. The summed E-state index contributed by atoms with van der Waals surface area (Å²) in [7, 11) is 0. The van der Waals surface area contributed by atoms with Crippen LogP contribution in [0.1, 0.15) is 60.6 Å². The first kappa shape index (κ1) is 27.1. The van der Waals surface area contributed by atoms with Gasteiger partial charge in [0.25, 0.3) is 5.91 Å². The van der Waals surface area contributed by atoms with Crippen LogP contribution < -0.4 is 15.5 Å². The van der Waals surface area contributed by atoms with Gasteiger partial charge in [0.2, 0.25) is 5.91 Å². The minimum atomic E-state index is -0.596. The van der Waals surface area contributed by atoms with E-state index in [0.29, 0.717) is 11.7 Å². The van der Waals surface area contributed by atoms with Crippen LogP contribution >= 0.6 is 11.3 Å². The fourth-order valence-corrected chi connectivity index (χ4v) is 8.06. The number of thiazole rings is 1. The third-order valence-electron chi connectivity index (χ3n) is 8.97. The zero-order valence-electron chi connectivity index (χ0n) is 22.4. The molecule has 4 N–H and O–H groups in total. The molecule has 1 saturated heterocycles. The smallest absolute Gasteiger partial charge is 0.277 e. The van der Waals surface area contributed by atoms with Gasteiger partial charge in [0.1, 0.15) is 18.8 Å². The molecule has 2 aromatic heterocycles. The molecule has 3 aliphatic rings. The van der Waals surface area contributed by atoms with Crippen molar-refractivity contribution < 1.29 is 24.3 Å². The number of aliphatic hydroxyl groups excluding tert-OH is 1. The van der Waals surface area contributed by atoms with E-state index in [1.807, 2.05) is 6.92 Å². The molecule has 0 bridgehead atoms. The van der Waals surface area contributed by atoms with Gasteiger partial charge < -0.3 is 20.1 Å². The van der Waals surface area contributed by atoms with Crippen LogP contribution in [0.4, 0.5) is 5.13 Å². The molecule has 2 fully saturated rings. The molecule has 0 spiro atoms. The Hall–Kier alpha value is -2.47. The second kappa shape index (κ2) is 11.3. The molecule has 2 aromatic rings. The zero-order valence-corrected chi connectivity index (χ0v) is 23.2. The second-order valence-electron chi connectivity index (χ2n) is 11.4. The summed E-state index contributed by atoms with van der Waals surface area (Å²) in [5.74, 6) is -0.664. The van der Waals surface area contributed by atoms with Gasteiger partial charge in [0.05, 0.1) is 44.3 Å². The summed E-state index contributed by atoms with van der Waals surface area (Å²) in [6.07, 6.45) is 6.41. The molecular weight excluding hydrogens is 504 g/mol. The van der Waals surface area contributed by atoms with Gasteiger partial charge in [-0.25, -0.2) is 9.97 Å². The standard InChI is InChI=1S/C27H38N6O4S/c1-16(24(35)30-8-9-33-10-12-37-13-11-33)18-4-5-27(3)14-20-22(17(2)21(27)23(18)34)31-26(38-20)32-25(36)19-15-28-6-7-29-19/h6-7,15-18,21,23,34H,4-5,8-14H2,1-3H3,(H,30,35)(H,31,32,36)/p+1/t16-,17-,18-,21+,23-,27-/m0/s1. The van der Waals surface area contributed by atoms with Crippen molar-refractivity contribution in [1.29, 1.82) is 0 Å². The van der Waals surface area contributed by atoms with Gasteiger partial charge in [-0.05, 0) is 36.5 Å². The largest absolute Gasteiger partial charge is 0.392 e. The number of anilines is 1. The van der Waals surface area contributed by atoms with E-state index in [4.69, 9.17) is 9.72 Å². The average molecular weight is 544 g/mol. The van der Waals surface area contributed by atoms with Crippen LogP contribution in [0.25, 0.3) is 0 Å². The Morgan fingerprint density at radius 2 is 2.11 bits per heavy atom. The minimum absolute atomic E-state index is 0.00700. The Morgan fingerprint density at radius 3 is 2.84 bits per heavy atom. The van der Waals surface area contributed by atoms with Crippen LogP contribution in [0.5, 0.6) is 0 Å². The van der Waals surface area contributed by atoms with E-state index in [9.17, 15) is 14.7 Å². The molecular formula is C27H39N6O4S+. The molecule has 206 valence electrons. The van der Waals surface area contributed by atoms with Gasteiger partial charge >= 0.3 is 0 Å². The highest BCUT2D eigenvalue weighted by Crippen LogP contribution is 2.57. The summed E-state index contributed by atoms with van der Waals surface area (Å²) in [6.45, 7) is 11.4. The van der Waals surface area contributed by atoms with Crippen molar-refractivity contribution in [3.05, 3.63) is 34.9 Å². The van der Waals surface area contributed by atoms with E-state index in [-0.39, 0.29) is 46.6 Å². The van der Waals surface area contributed by atoms with Crippen LogP contribution in [-0.4, -0.2) is 77.4 Å². The fourth-order valence-electron chi connectivity index (χ4n) is 6.81. The SMILES string of the molecule is C[C@H](C(=O)NCC[NH+]1CCOCC1)[C@@H]1CC[C@@]2(C)Cc3sc(NC(=O)c4cnccn4)nc3[C@@H](C)[C@@H]2[C@H]1O. The number of amides is 2. The quantitative estimate of drug-likeness (QED) is 0.408. The first-order valence-corrected chi connectivity index (χ1v) is 14.5. The zero-order chi connectivity index (χ0) is 26.9. The molecule has 11 heteroatoms. The highest BCUT2D eigenvalue weighted by Gasteiger charge is 2.53. The predicted molar refractivity (Wildman–Crippen MR) is 143 cm³/mol. The fraction of sp³-hybridized carbons (Fsp3) is 0.667. The van der Waals surface area contributed by atoms with Gasteiger partial charge in [-0.2, -0.15) is 0 Å². The summed E-state index contributed by atoms with van der Waals surface area (Å²) in [4.78, 5) is 41.1. The Labute approximate surface area is 227 Å². The maximum atomic E-state index is 13.1.